The predicted molar refractivity (Wildman–Crippen MR) is 83.5 cm³/mol. The van der Waals surface area contributed by atoms with Gasteiger partial charge in [-0.25, -0.2) is 4.98 Å². The van der Waals surface area contributed by atoms with Crippen LogP contribution in [-0.2, 0) is 19.9 Å². The molecule has 0 radical (unpaired) electrons. The van der Waals surface area contributed by atoms with Crippen LogP contribution in [-0.4, -0.2) is 20.8 Å². The summed E-state index contributed by atoms with van der Waals surface area (Å²) >= 11 is 0. The Morgan fingerprint density at radius 3 is 2.67 bits per heavy atom. The van der Waals surface area contributed by atoms with Gasteiger partial charge in [0.25, 0.3) is 0 Å². The zero-order chi connectivity index (χ0) is 14.7. The Labute approximate surface area is 123 Å². The summed E-state index contributed by atoms with van der Waals surface area (Å²) in [4.78, 5) is 4.25. The third kappa shape index (κ3) is 3.09. The number of nitrogens with one attached hydrogen (secondary N) is 1. The fraction of sp³-hybridized carbons (Fsp3) is 0.250. The van der Waals surface area contributed by atoms with E-state index in [-0.39, 0.29) is 6.04 Å². The molecule has 21 heavy (non-hydrogen) atoms. The Bertz CT molecular complexity index is 734. The molecule has 2 aromatic carbocycles. The van der Waals surface area contributed by atoms with E-state index in [2.05, 4.69) is 58.0 Å². The molecule has 3 aromatic rings. The number of aryl methyl sites for hydroxylation is 1. The minimum Gasteiger partial charge on any atom is -0.271 e. The van der Waals surface area contributed by atoms with Crippen molar-refractivity contribution in [2.75, 3.05) is 0 Å². The SMILES string of the molecule is Cn1ncnc1CC(Cc1ccc2ccccc2c1)NN. The van der Waals surface area contributed by atoms with Crippen LogP contribution >= 0.6 is 0 Å². The summed E-state index contributed by atoms with van der Waals surface area (Å²) in [5.74, 6) is 6.62. The molecule has 108 valence electrons. The molecule has 0 spiro atoms. The summed E-state index contributed by atoms with van der Waals surface area (Å²) in [6, 6.07) is 15.0. The largest absolute Gasteiger partial charge is 0.271 e. The summed E-state index contributed by atoms with van der Waals surface area (Å²) in [5.41, 5.74) is 4.15. The van der Waals surface area contributed by atoms with Gasteiger partial charge in [0.15, 0.2) is 0 Å². The fourth-order valence-corrected chi connectivity index (χ4v) is 2.57. The Kier molecular flexibility index (Phi) is 3.94. The van der Waals surface area contributed by atoms with Gasteiger partial charge in [-0.3, -0.25) is 16.0 Å². The maximum absolute atomic E-state index is 5.69. The first-order valence-electron chi connectivity index (χ1n) is 7.03. The van der Waals surface area contributed by atoms with Gasteiger partial charge in [0, 0.05) is 19.5 Å². The topological polar surface area (TPSA) is 68.8 Å². The van der Waals surface area contributed by atoms with Crippen molar-refractivity contribution in [2.24, 2.45) is 12.9 Å². The van der Waals surface area contributed by atoms with E-state index in [9.17, 15) is 0 Å². The Hall–Kier alpha value is -2.24. The number of rotatable bonds is 5. The average Bonchev–Trinajstić information content (AvgIpc) is 2.91. The second-order valence-corrected chi connectivity index (χ2v) is 5.25. The van der Waals surface area contributed by atoms with E-state index in [4.69, 9.17) is 5.84 Å². The maximum Gasteiger partial charge on any atom is 0.138 e. The lowest BCUT2D eigenvalue weighted by molar-refractivity contribution is 0.499. The predicted octanol–water partition coefficient (Wildman–Crippen LogP) is 1.59. The highest BCUT2D eigenvalue weighted by Crippen LogP contribution is 2.17. The molecule has 0 amide bonds. The van der Waals surface area contributed by atoms with E-state index in [1.54, 1.807) is 11.0 Å². The van der Waals surface area contributed by atoms with E-state index < -0.39 is 0 Å². The normalized spacial score (nSPS) is 12.7. The molecule has 0 saturated carbocycles. The third-order valence-electron chi connectivity index (χ3n) is 3.77. The standard InChI is InChI=1S/C16H19N5/c1-21-16(18-11-19-21)10-15(20-17)9-12-6-7-13-4-2-3-5-14(13)8-12/h2-8,11,15,20H,9-10,17H2,1H3. The van der Waals surface area contributed by atoms with Crippen LogP contribution in [0.2, 0.25) is 0 Å². The molecule has 0 aliphatic rings. The first kappa shape index (κ1) is 13.7. The van der Waals surface area contributed by atoms with Gasteiger partial charge in [0.05, 0.1) is 0 Å². The minimum atomic E-state index is 0.133. The van der Waals surface area contributed by atoms with Gasteiger partial charge in [-0.15, -0.1) is 0 Å². The van der Waals surface area contributed by atoms with Gasteiger partial charge in [0.2, 0.25) is 0 Å². The lowest BCUT2D eigenvalue weighted by Crippen LogP contribution is -2.39. The highest BCUT2D eigenvalue weighted by molar-refractivity contribution is 5.82. The summed E-state index contributed by atoms with van der Waals surface area (Å²) in [6.45, 7) is 0. The monoisotopic (exact) mass is 281 g/mol. The van der Waals surface area contributed by atoms with Crippen LogP contribution in [0.25, 0.3) is 10.8 Å². The van der Waals surface area contributed by atoms with Crippen molar-refractivity contribution in [3.63, 3.8) is 0 Å². The van der Waals surface area contributed by atoms with E-state index >= 15 is 0 Å². The van der Waals surface area contributed by atoms with Crippen molar-refractivity contribution >= 4 is 10.8 Å². The highest BCUT2D eigenvalue weighted by Gasteiger charge is 2.12. The van der Waals surface area contributed by atoms with Crippen molar-refractivity contribution < 1.29 is 0 Å². The van der Waals surface area contributed by atoms with E-state index in [1.165, 1.54) is 16.3 Å². The molecule has 0 aliphatic carbocycles. The molecule has 1 heterocycles. The third-order valence-corrected chi connectivity index (χ3v) is 3.77. The van der Waals surface area contributed by atoms with Crippen LogP contribution in [0.5, 0.6) is 0 Å². The van der Waals surface area contributed by atoms with Crippen LogP contribution in [0, 0.1) is 0 Å². The molecule has 0 fully saturated rings. The van der Waals surface area contributed by atoms with Crippen LogP contribution in [0.15, 0.2) is 48.8 Å². The number of hydrogen-bond acceptors (Lipinski definition) is 4. The van der Waals surface area contributed by atoms with E-state index in [0.717, 1.165) is 18.7 Å². The number of aromatic nitrogens is 3. The molecule has 3 N–H and O–H groups in total. The quantitative estimate of drug-likeness (QED) is 0.550. The zero-order valence-electron chi connectivity index (χ0n) is 12.0. The molecular formula is C16H19N5. The van der Waals surface area contributed by atoms with Gasteiger partial charge in [-0.2, -0.15) is 5.10 Å². The van der Waals surface area contributed by atoms with Gasteiger partial charge in [0.1, 0.15) is 12.2 Å². The highest BCUT2D eigenvalue weighted by atomic mass is 15.3. The summed E-state index contributed by atoms with van der Waals surface area (Å²) in [7, 11) is 1.89. The molecule has 0 aliphatic heterocycles. The summed E-state index contributed by atoms with van der Waals surface area (Å²) < 4.78 is 1.78. The molecule has 1 unspecified atom stereocenters. The van der Waals surface area contributed by atoms with Crippen LogP contribution < -0.4 is 11.3 Å². The molecule has 5 heteroatoms. The maximum atomic E-state index is 5.69. The number of hydrogen-bond donors (Lipinski definition) is 2. The molecule has 3 rings (SSSR count). The first-order valence-corrected chi connectivity index (χ1v) is 7.03. The molecule has 1 aromatic heterocycles. The number of nitrogens with zero attached hydrogens (tertiary/aromatic N) is 3. The summed E-state index contributed by atoms with van der Waals surface area (Å²) in [6.07, 6.45) is 3.17. The average molecular weight is 281 g/mol. The smallest absolute Gasteiger partial charge is 0.138 e. The molecule has 0 bridgehead atoms. The zero-order valence-corrected chi connectivity index (χ0v) is 12.0. The second-order valence-electron chi connectivity index (χ2n) is 5.25. The first-order chi connectivity index (χ1) is 10.3. The lowest BCUT2D eigenvalue weighted by Gasteiger charge is -2.15. The Balaban J connectivity index is 1.77. The van der Waals surface area contributed by atoms with Gasteiger partial charge in [-0.1, -0.05) is 42.5 Å². The van der Waals surface area contributed by atoms with Crippen molar-refractivity contribution in [1.82, 2.24) is 20.2 Å². The summed E-state index contributed by atoms with van der Waals surface area (Å²) in [5, 5.41) is 6.60. The van der Waals surface area contributed by atoms with Gasteiger partial charge < -0.3 is 0 Å². The Morgan fingerprint density at radius 1 is 1.14 bits per heavy atom. The van der Waals surface area contributed by atoms with E-state index in [0.29, 0.717) is 0 Å². The number of hydrazine groups is 1. The fourth-order valence-electron chi connectivity index (χ4n) is 2.57. The van der Waals surface area contributed by atoms with Crippen molar-refractivity contribution in [1.29, 1.82) is 0 Å². The lowest BCUT2D eigenvalue weighted by atomic mass is 10.00. The molecule has 5 nitrogen and oxygen atoms in total. The van der Waals surface area contributed by atoms with E-state index in [1.807, 2.05) is 7.05 Å². The van der Waals surface area contributed by atoms with Gasteiger partial charge in [-0.05, 0) is 22.8 Å². The van der Waals surface area contributed by atoms with Crippen molar-refractivity contribution in [2.45, 2.75) is 18.9 Å². The number of fused-ring (bicyclic) bond motifs is 1. The van der Waals surface area contributed by atoms with Crippen molar-refractivity contribution in [3.05, 3.63) is 60.2 Å². The molecule has 1 atom stereocenters. The number of nitrogens with two attached hydrogens (primary N) is 1. The molecular weight excluding hydrogens is 262 g/mol. The molecule has 0 saturated heterocycles. The Morgan fingerprint density at radius 2 is 1.95 bits per heavy atom. The second kappa shape index (κ2) is 6.03. The minimum absolute atomic E-state index is 0.133. The van der Waals surface area contributed by atoms with Crippen molar-refractivity contribution in [3.8, 4) is 0 Å². The van der Waals surface area contributed by atoms with Crippen LogP contribution in [0.3, 0.4) is 0 Å². The number of benzene rings is 2. The van der Waals surface area contributed by atoms with Gasteiger partial charge >= 0.3 is 0 Å². The van der Waals surface area contributed by atoms with Crippen LogP contribution in [0.4, 0.5) is 0 Å². The van der Waals surface area contributed by atoms with Crippen LogP contribution in [0.1, 0.15) is 11.4 Å².